The first-order valence-electron chi connectivity index (χ1n) is 5.59. The number of aromatic nitrogens is 3. The van der Waals surface area contributed by atoms with Crippen LogP contribution in [0.2, 0.25) is 0 Å². The van der Waals surface area contributed by atoms with Crippen LogP contribution >= 0.6 is 0 Å². The highest BCUT2D eigenvalue weighted by molar-refractivity contribution is 5.49. The summed E-state index contributed by atoms with van der Waals surface area (Å²) in [5, 5.41) is 10.7. The molecule has 10 heteroatoms. The third-order valence-electron chi connectivity index (χ3n) is 2.35. The number of rotatable bonds is 5. The van der Waals surface area contributed by atoms with Gasteiger partial charge in [-0.15, -0.1) is 4.98 Å². The lowest BCUT2D eigenvalue weighted by atomic mass is 10.3. The van der Waals surface area contributed by atoms with Gasteiger partial charge in [-0.1, -0.05) is 0 Å². The van der Waals surface area contributed by atoms with Gasteiger partial charge in [0.05, 0.1) is 25.2 Å². The van der Waals surface area contributed by atoms with Crippen molar-refractivity contribution in [3.8, 4) is 23.5 Å². The lowest BCUT2D eigenvalue weighted by Gasteiger charge is -2.09. The molecule has 0 unspecified atom stereocenters. The van der Waals surface area contributed by atoms with Crippen molar-refractivity contribution in [1.29, 1.82) is 0 Å². The topological polar surface area (TPSA) is 136 Å². The number of non-ortho nitro benzene ring substituents is 1. The average molecular weight is 293 g/mol. The van der Waals surface area contributed by atoms with Crippen LogP contribution in [0.3, 0.4) is 0 Å². The SMILES string of the molecule is COc1nc(N)nc(Oc2ccc([N+](=O)[O-])cc2OC)n1. The normalized spacial score (nSPS) is 10.0. The molecule has 0 radical (unpaired) electrons. The Bertz CT molecular complexity index is 678. The van der Waals surface area contributed by atoms with E-state index in [1.165, 1.54) is 32.4 Å². The highest BCUT2D eigenvalue weighted by atomic mass is 16.6. The summed E-state index contributed by atoms with van der Waals surface area (Å²) in [5.74, 6) is 0.260. The van der Waals surface area contributed by atoms with Gasteiger partial charge in [0.15, 0.2) is 11.5 Å². The summed E-state index contributed by atoms with van der Waals surface area (Å²) in [4.78, 5) is 21.5. The Balaban J connectivity index is 2.35. The molecule has 0 aliphatic heterocycles. The van der Waals surface area contributed by atoms with Crippen LogP contribution in [0.5, 0.6) is 23.5 Å². The van der Waals surface area contributed by atoms with Gasteiger partial charge in [0.2, 0.25) is 5.95 Å². The number of benzene rings is 1. The molecule has 110 valence electrons. The number of hydrogen-bond donors (Lipinski definition) is 1. The Kier molecular flexibility index (Phi) is 3.97. The second-order valence-electron chi connectivity index (χ2n) is 3.66. The molecule has 0 saturated heterocycles. The van der Waals surface area contributed by atoms with Gasteiger partial charge in [-0.3, -0.25) is 10.1 Å². The van der Waals surface area contributed by atoms with Crippen LogP contribution < -0.4 is 19.9 Å². The summed E-state index contributed by atoms with van der Waals surface area (Å²) in [5.41, 5.74) is 5.35. The van der Waals surface area contributed by atoms with E-state index in [1.807, 2.05) is 0 Å². The number of anilines is 1. The van der Waals surface area contributed by atoms with Crippen molar-refractivity contribution in [2.24, 2.45) is 0 Å². The Labute approximate surface area is 118 Å². The van der Waals surface area contributed by atoms with E-state index >= 15 is 0 Å². The van der Waals surface area contributed by atoms with E-state index in [2.05, 4.69) is 15.0 Å². The second kappa shape index (κ2) is 5.86. The zero-order valence-corrected chi connectivity index (χ0v) is 11.1. The maximum Gasteiger partial charge on any atom is 0.330 e. The van der Waals surface area contributed by atoms with Gasteiger partial charge in [-0.05, 0) is 6.07 Å². The molecule has 2 rings (SSSR count). The van der Waals surface area contributed by atoms with E-state index in [0.29, 0.717) is 0 Å². The molecule has 0 aliphatic carbocycles. The van der Waals surface area contributed by atoms with Gasteiger partial charge < -0.3 is 19.9 Å². The van der Waals surface area contributed by atoms with Crippen molar-refractivity contribution in [3.05, 3.63) is 28.3 Å². The molecule has 0 spiro atoms. The molecule has 0 amide bonds. The average Bonchev–Trinajstić information content (AvgIpc) is 2.46. The fraction of sp³-hybridized carbons (Fsp3) is 0.182. The zero-order valence-electron chi connectivity index (χ0n) is 11.1. The second-order valence-corrected chi connectivity index (χ2v) is 3.66. The molecule has 2 aromatic rings. The summed E-state index contributed by atoms with van der Waals surface area (Å²) < 4.78 is 15.3. The largest absolute Gasteiger partial charge is 0.493 e. The molecule has 0 bridgehead atoms. The van der Waals surface area contributed by atoms with Gasteiger partial charge in [-0.2, -0.15) is 9.97 Å². The molecule has 1 aromatic carbocycles. The van der Waals surface area contributed by atoms with Crippen molar-refractivity contribution in [3.63, 3.8) is 0 Å². The smallest absolute Gasteiger partial charge is 0.330 e. The molecule has 0 fully saturated rings. The first kappa shape index (κ1) is 14.2. The minimum atomic E-state index is -0.545. The molecule has 10 nitrogen and oxygen atoms in total. The highest BCUT2D eigenvalue weighted by Gasteiger charge is 2.15. The minimum Gasteiger partial charge on any atom is -0.493 e. The summed E-state index contributed by atoms with van der Waals surface area (Å²) in [7, 11) is 2.72. The molecule has 21 heavy (non-hydrogen) atoms. The summed E-state index contributed by atoms with van der Waals surface area (Å²) >= 11 is 0. The fourth-order valence-electron chi connectivity index (χ4n) is 1.44. The van der Waals surface area contributed by atoms with E-state index in [1.54, 1.807) is 0 Å². The van der Waals surface area contributed by atoms with Crippen LogP contribution in [0.15, 0.2) is 18.2 Å². The van der Waals surface area contributed by atoms with E-state index in [0.717, 1.165) is 0 Å². The maximum atomic E-state index is 10.7. The third kappa shape index (κ3) is 3.23. The predicted octanol–water partition coefficient (Wildman–Crippen LogP) is 1.17. The molecule has 1 heterocycles. The lowest BCUT2D eigenvalue weighted by Crippen LogP contribution is -2.03. The number of methoxy groups -OCH3 is 2. The van der Waals surface area contributed by atoms with Gasteiger partial charge in [-0.25, -0.2) is 0 Å². The van der Waals surface area contributed by atoms with Crippen LogP contribution in [0.25, 0.3) is 0 Å². The third-order valence-corrected chi connectivity index (χ3v) is 2.35. The van der Waals surface area contributed by atoms with Gasteiger partial charge in [0.1, 0.15) is 0 Å². The van der Waals surface area contributed by atoms with Crippen LogP contribution in [-0.2, 0) is 0 Å². The number of nitrogens with zero attached hydrogens (tertiary/aromatic N) is 4. The van der Waals surface area contributed by atoms with E-state index in [4.69, 9.17) is 19.9 Å². The van der Waals surface area contributed by atoms with Crippen molar-refractivity contribution in [2.45, 2.75) is 0 Å². The fourth-order valence-corrected chi connectivity index (χ4v) is 1.44. The Hall–Kier alpha value is -3.17. The summed E-state index contributed by atoms with van der Waals surface area (Å²) in [6, 6.07) is 3.71. The van der Waals surface area contributed by atoms with Crippen molar-refractivity contribution >= 4 is 11.6 Å². The molecular formula is C11H11N5O5. The predicted molar refractivity (Wildman–Crippen MR) is 70.5 cm³/mol. The Morgan fingerprint density at radius 3 is 2.43 bits per heavy atom. The van der Waals surface area contributed by atoms with Crippen LogP contribution in [0, 0.1) is 10.1 Å². The van der Waals surface area contributed by atoms with Crippen molar-refractivity contribution in [2.75, 3.05) is 20.0 Å². The van der Waals surface area contributed by atoms with Crippen LogP contribution in [0.4, 0.5) is 11.6 Å². The minimum absolute atomic E-state index is 0.0154. The number of nitrogens with two attached hydrogens (primary N) is 1. The standard InChI is InChI=1S/C11H11N5O5/c1-19-8-5-6(16(17)18)3-4-7(8)21-11-14-9(12)13-10(15-11)20-2/h3-5H,1-2H3,(H2,12,13,14,15). The number of hydrogen-bond acceptors (Lipinski definition) is 9. The molecule has 0 atom stereocenters. The van der Waals surface area contributed by atoms with Crippen molar-refractivity contribution in [1.82, 2.24) is 15.0 Å². The van der Waals surface area contributed by atoms with Gasteiger partial charge >= 0.3 is 12.0 Å². The molecule has 1 aromatic heterocycles. The lowest BCUT2D eigenvalue weighted by molar-refractivity contribution is -0.384. The summed E-state index contributed by atoms with van der Waals surface area (Å²) in [6.45, 7) is 0. The first-order valence-corrected chi connectivity index (χ1v) is 5.59. The number of ether oxygens (including phenoxy) is 3. The summed E-state index contributed by atoms with van der Waals surface area (Å²) in [6.07, 6.45) is 0. The highest BCUT2D eigenvalue weighted by Crippen LogP contribution is 2.33. The van der Waals surface area contributed by atoms with E-state index < -0.39 is 4.92 Å². The van der Waals surface area contributed by atoms with Crippen molar-refractivity contribution < 1.29 is 19.1 Å². The molecule has 0 aliphatic rings. The monoisotopic (exact) mass is 293 g/mol. The van der Waals surface area contributed by atoms with Gasteiger partial charge in [0.25, 0.3) is 5.69 Å². The maximum absolute atomic E-state index is 10.7. The molecule has 2 N–H and O–H groups in total. The zero-order chi connectivity index (χ0) is 15.4. The molecule has 0 saturated carbocycles. The van der Waals surface area contributed by atoms with Gasteiger partial charge in [0, 0.05) is 6.07 Å². The Morgan fingerprint density at radius 2 is 1.81 bits per heavy atom. The number of nitro benzene ring substituents is 1. The number of nitrogen functional groups attached to an aromatic ring is 1. The van der Waals surface area contributed by atoms with Crippen LogP contribution in [0.1, 0.15) is 0 Å². The Morgan fingerprint density at radius 1 is 1.10 bits per heavy atom. The number of nitro groups is 1. The van der Waals surface area contributed by atoms with E-state index in [-0.39, 0.29) is 35.2 Å². The van der Waals surface area contributed by atoms with Crippen LogP contribution in [-0.4, -0.2) is 34.1 Å². The van der Waals surface area contributed by atoms with E-state index in [9.17, 15) is 10.1 Å². The first-order chi connectivity index (χ1) is 10.0. The molecular weight excluding hydrogens is 282 g/mol. The quantitative estimate of drug-likeness (QED) is 0.636.